The SMILES string of the molecule is COC(=O)c1nc(C2CC2)cnc1Cc1cccc(C2=CCOCC2)c1OCC(F)(F)C(F)(F)F. The van der Waals surface area contributed by atoms with Crippen LogP contribution in [0.2, 0.25) is 0 Å². The fourth-order valence-electron chi connectivity index (χ4n) is 3.74. The van der Waals surface area contributed by atoms with Crippen molar-refractivity contribution in [1.82, 2.24) is 9.97 Å². The van der Waals surface area contributed by atoms with E-state index >= 15 is 0 Å². The first-order chi connectivity index (χ1) is 16.6. The molecule has 0 atom stereocenters. The van der Waals surface area contributed by atoms with Gasteiger partial charge in [-0.3, -0.25) is 4.98 Å². The maximum Gasteiger partial charge on any atom is 0.456 e. The van der Waals surface area contributed by atoms with Crippen LogP contribution in [0.1, 0.15) is 58.2 Å². The monoisotopic (exact) mass is 498 g/mol. The molecule has 0 N–H and O–H groups in total. The van der Waals surface area contributed by atoms with Gasteiger partial charge in [-0.15, -0.1) is 0 Å². The zero-order valence-corrected chi connectivity index (χ0v) is 18.8. The van der Waals surface area contributed by atoms with Crippen LogP contribution in [-0.2, 0) is 15.9 Å². The molecule has 0 bridgehead atoms. The molecule has 4 rings (SSSR count). The quantitative estimate of drug-likeness (QED) is 0.372. The third-order valence-corrected chi connectivity index (χ3v) is 5.82. The van der Waals surface area contributed by atoms with Gasteiger partial charge in [-0.2, -0.15) is 22.0 Å². The van der Waals surface area contributed by atoms with Gasteiger partial charge in [-0.05, 0) is 24.8 Å². The molecule has 0 unspecified atom stereocenters. The van der Waals surface area contributed by atoms with Crippen molar-refractivity contribution in [2.24, 2.45) is 0 Å². The number of esters is 1. The Hall–Kier alpha value is -3.08. The van der Waals surface area contributed by atoms with Crippen molar-refractivity contribution in [3.63, 3.8) is 0 Å². The number of benzene rings is 1. The highest BCUT2D eigenvalue weighted by Gasteiger charge is 2.58. The predicted molar refractivity (Wildman–Crippen MR) is 115 cm³/mol. The summed E-state index contributed by atoms with van der Waals surface area (Å²) in [6.07, 6.45) is -0.292. The molecule has 2 aromatic rings. The average Bonchev–Trinajstić information content (AvgIpc) is 3.68. The zero-order valence-electron chi connectivity index (χ0n) is 18.8. The number of alkyl halides is 5. The second kappa shape index (κ2) is 9.88. The number of hydrogen-bond donors (Lipinski definition) is 0. The molecule has 2 heterocycles. The molecule has 1 fully saturated rings. The maximum absolute atomic E-state index is 13.7. The highest BCUT2D eigenvalue weighted by atomic mass is 19.4. The second-order valence-electron chi connectivity index (χ2n) is 8.37. The molecule has 0 saturated heterocycles. The van der Waals surface area contributed by atoms with E-state index in [1.165, 1.54) is 13.2 Å². The molecule has 35 heavy (non-hydrogen) atoms. The lowest BCUT2D eigenvalue weighted by Crippen LogP contribution is -2.42. The van der Waals surface area contributed by atoms with E-state index in [-0.39, 0.29) is 41.6 Å². The lowest BCUT2D eigenvalue weighted by Gasteiger charge is -2.24. The van der Waals surface area contributed by atoms with E-state index in [2.05, 4.69) is 9.97 Å². The third kappa shape index (κ3) is 5.61. The number of ether oxygens (including phenoxy) is 3. The van der Waals surface area contributed by atoms with Gasteiger partial charge in [0, 0.05) is 29.7 Å². The van der Waals surface area contributed by atoms with Crippen molar-refractivity contribution < 1.29 is 41.0 Å². The van der Waals surface area contributed by atoms with E-state index in [9.17, 15) is 26.7 Å². The van der Waals surface area contributed by atoms with Gasteiger partial charge < -0.3 is 14.2 Å². The Morgan fingerprint density at radius 3 is 2.60 bits per heavy atom. The summed E-state index contributed by atoms with van der Waals surface area (Å²) in [7, 11) is 1.20. The summed E-state index contributed by atoms with van der Waals surface area (Å²) in [5.41, 5.74) is 2.19. The molecule has 0 radical (unpaired) electrons. The van der Waals surface area contributed by atoms with E-state index in [0.29, 0.717) is 29.9 Å². The zero-order chi connectivity index (χ0) is 25.2. The molecule has 6 nitrogen and oxygen atoms in total. The molecule has 1 aromatic heterocycles. The molecule has 2 aliphatic rings. The Labute approximate surface area is 198 Å². The minimum absolute atomic E-state index is 0.0286. The van der Waals surface area contributed by atoms with E-state index in [1.807, 2.05) is 0 Å². The van der Waals surface area contributed by atoms with Gasteiger partial charge in [0.2, 0.25) is 0 Å². The number of carbonyl (C=O) groups excluding carboxylic acids is 1. The lowest BCUT2D eigenvalue weighted by atomic mass is 9.95. The smallest absolute Gasteiger partial charge is 0.456 e. The second-order valence-corrected chi connectivity index (χ2v) is 8.37. The summed E-state index contributed by atoms with van der Waals surface area (Å²) in [5, 5.41) is 0. The van der Waals surface area contributed by atoms with Gasteiger partial charge >= 0.3 is 18.1 Å². The lowest BCUT2D eigenvalue weighted by molar-refractivity contribution is -0.290. The van der Waals surface area contributed by atoms with Crippen LogP contribution in [0.5, 0.6) is 5.75 Å². The highest BCUT2D eigenvalue weighted by molar-refractivity contribution is 5.88. The molecule has 0 amide bonds. The average molecular weight is 498 g/mol. The largest absolute Gasteiger partial charge is 0.486 e. The van der Waals surface area contributed by atoms with Gasteiger partial charge in [-0.1, -0.05) is 24.3 Å². The molecule has 1 aromatic carbocycles. The number of hydrogen-bond acceptors (Lipinski definition) is 6. The molecule has 11 heteroatoms. The molecule has 0 spiro atoms. The standard InChI is InChI=1S/C24H23F5N2O4/c1-33-22(32)20-18(30-12-19(31-20)15-5-6-15)11-16-3-2-4-17(14-7-9-34-10-8-14)21(16)35-13-23(25,26)24(27,28)29/h2-4,7,12,15H,5-6,8-11,13H2,1H3. The fraction of sp³-hybridized carbons (Fsp3) is 0.458. The molecule has 1 saturated carbocycles. The topological polar surface area (TPSA) is 70.5 Å². The van der Waals surface area contributed by atoms with E-state index in [4.69, 9.17) is 14.2 Å². The van der Waals surface area contributed by atoms with Crippen molar-refractivity contribution >= 4 is 11.5 Å². The minimum atomic E-state index is -5.76. The van der Waals surface area contributed by atoms with Crippen molar-refractivity contribution in [3.05, 3.63) is 58.7 Å². The van der Waals surface area contributed by atoms with Crippen LogP contribution < -0.4 is 4.74 Å². The van der Waals surface area contributed by atoms with Gasteiger partial charge in [-0.25, -0.2) is 9.78 Å². The summed E-state index contributed by atoms with van der Waals surface area (Å²) in [5.74, 6) is -5.69. The number of nitrogens with zero attached hydrogens (tertiary/aromatic N) is 2. The Kier molecular flexibility index (Phi) is 7.07. The van der Waals surface area contributed by atoms with Gasteiger partial charge in [0.25, 0.3) is 0 Å². The van der Waals surface area contributed by atoms with Gasteiger partial charge in [0.15, 0.2) is 12.3 Å². The van der Waals surface area contributed by atoms with Crippen molar-refractivity contribution in [2.45, 2.75) is 43.7 Å². The Morgan fingerprint density at radius 2 is 1.97 bits per heavy atom. The number of methoxy groups -OCH3 is 1. The van der Waals surface area contributed by atoms with Gasteiger partial charge in [0.1, 0.15) is 5.75 Å². The Bertz CT molecular complexity index is 1130. The Morgan fingerprint density at radius 1 is 1.20 bits per heavy atom. The number of rotatable bonds is 8. The number of para-hydroxylation sites is 1. The third-order valence-electron chi connectivity index (χ3n) is 5.82. The first-order valence-electron chi connectivity index (χ1n) is 11.0. The van der Waals surface area contributed by atoms with Crippen LogP contribution in [0.15, 0.2) is 30.5 Å². The van der Waals surface area contributed by atoms with Crippen LogP contribution in [0.25, 0.3) is 5.57 Å². The molecule has 1 aliphatic heterocycles. The van der Waals surface area contributed by atoms with Crippen LogP contribution in [0.3, 0.4) is 0 Å². The first-order valence-corrected chi connectivity index (χ1v) is 11.0. The number of halogens is 5. The Balaban J connectivity index is 1.73. The fourth-order valence-corrected chi connectivity index (χ4v) is 3.74. The summed E-state index contributed by atoms with van der Waals surface area (Å²) >= 11 is 0. The molecule has 188 valence electrons. The number of carbonyl (C=O) groups is 1. The van der Waals surface area contributed by atoms with Gasteiger partial charge in [0.05, 0.1) is 31.7 Å². The first kappa shape index (κ1) is 25.0. The summed E-state index contributed by atoms with van der Waals surface area (Å²) in [6, 6.07) is 4.76. The molecular weight excluding hydrogens is 475 g/mol. The van der Waals surface area contributed by atoms with E-state index in [1.54, 1.807) is 24.4 Å². The maximum atomic E-state index is 13.7. The van der Waals surface area contributed by atoms with Crippen molar-refractivity contribution in [2.75, 3.05) is 26.9 Å². The predicted octanol–water partition coefficient (Wildman–Crippen LogP) is 5.11. The highest BCUT2D eigenvalue weighted by Crippen LogP contribution is 2.40. The van der Waals surface area contributed by atoms with Crippen LogP contribution in [-0.4, -0.2) is 55.0 Å². The summed E-state index contributed by atoms with van der Waals surface area (Å²) < 4.78 is 81.1. The van der Waals surface area contributed by atoms with Crippen molar-refractivity contribution in [3.8, 4) is 5.75 Å². The summed E-state index contributed by atoms with van der Waals surface area (Å²) in [6.45, 7) is -1.24. The summed E-state index contributed by atoms with van der Waals surface area (Å²) in [4.78, 5) is 21.1. The van der Waals surface area contributed by atoms with Crippen molar-refractivity contribution in [1.29, 1.82) is 0 Å². The van der Waals surface area contributed by atoms with E-state index in [0.717, 1.165) is 12.8 Å². The van der Waals surface area contributed by atoms with Crippen LogP contribution in [0.4, 0.5) is 22.0 Å². The van der Waals surface area contributed by atoms with Crippen LogP contribution >= 0.6 is 0 Å². The normalized spacial score (nSPS) is 16.6. The van der Waals surface area contributed by atoms with Crippen LogP contribution in [0, 0.1) is 0 Å². The molecular formula is C24H23F5N2O4. The minimum Gasteiger partial charge on any atom is -0.486 e. The number of aromatic nitrogens is 2. The van der Waals surface area contributed by atoms with E-state index < -0.39 is 24.7 Å². The molecule has 1 aliphatic carbocycles.